The van der Waals surface area contributed by atoms with E-state index in [2.05, 4.69) is 6.92 Å². The second-order valence-electron chi connectivity index (χ2n) is 9.33. The second-order valence-corrected chi connectivity index (χ2v) is 9.33. The zero-order valence-electron chi connectivity index (χ0n) is 20.5. The first-order valence-electron chi connectivity index (χ1n) is 12.3. The third-order valence-electron chi connectivity index (χ3n) is 6.73. The highest BCUT2D eigenvalue weighted by Crippen LogP contribution is 2.60. The van der Waals surface area contributed by atoms with Crippen molar-refractivity contribution in [1.82, 2.24) is 0 Å². The van der Waals surface area contributed by atoms with E-state index < -0.39 is 63.9 Å². The first-order chi connectivity index (χ1) is 17.5. The molecular formula is C29H27F7O. The predicted molar refractivity (Wildman–Crippen MR) is 128 cm³/mol. The molecule has 0 unspecified atom stereocenters. The summed E-state index contributed by atoms with van der Waals surface area (Å²) < 4.78 is 110. The van der Waals surface area contributed by atoms with E-state index in [9.17, 15) is 8.78 Å². The number of unbranched alkanes of at least 4 members (excludes halogenated alkanes) is 2. The number of benzene rings is 3. The summed E-state index contributed by atoms with van der Waals surface area (Å²) in [5.41, 5.74) is -3.33. The lowest BCUT2D eigenvalue weighted by molar-refractivity contribution is -0.228. The molecule has 0 saturated heterocycles. The molecule has 4 rings (SSSR count). The van der Waals surface area contributed by atoms with Crippen LogP contribution in [0, 0.1) is 17.5 Å². The van der Waals surface area contributed by atoms with Crippen molar-refractivity contribution in [3.63, 3.8) is 0 Å². The third kappa shape index (κ3) is 4.71. The Labute approximate surface area is 211 Å². The van der Waals surface area contributed by atoms with Gasteiger partial charge in [0.1, 0.15) is 18.2 Å². The van der Waals surface area contributed by atoms with Gasteiger partial charge in [0.05, 0.1) is 11.1 Å². The molecular weight excluding hydrogens is 497 g/mol. The summed E-state index contributed by atoms with van der Waals surface area (Å²) in [5, 5.41) is 0. The van der Waals surface area contributed by atoms with Gasteiger partial charge in [-0.05, 0) is 59.7 Å². The maximum absolute atomic E-state index is 15.3. The summed E-state index contributed by atoms with van der Waals surface area (Å²) in [6, 6.07) is 8.87. The number of aryl methyl sites for hydroxylation is 2. The van der Waals surface area contributed by atoms with E-state index in [-0.39, 0.29) is 17.5 Å². The van der Waals surface area contributed by atoms with Crippen molar-refractivity contribution in [1.29, 1.82) is 0 Å². The molecule has 1 aliphatic carbocycles. The van der Waals surface area contributed by atoms with E-state index >= 15 is 22.0 Å². The lowest BCUT2D eigenvalue weighted by Crippen LogP contribution is -2.41. The number of fused-ring (bicyclic) bond motifs is 3. The molecule has 0 atom stereocenters. The molecule has 0 aromatic heterocycles. The fourth-order valence-electron chi connectivity index (χ4n) is 4.72. The highest BCUT2D eigenvalue weighted by Gasteiger charge is 2.65. The van der Waals surface area contributed by atoms with Crippen LogP contribution in [0.15, 0.2) is 42.5 Å². The van der Waals surface area contributed by atoms with Crippen molar-refractivity contribution < 1.29 is 35.5 Å². The Morgan fingerprint density at radius 3 is 1.92 bits per heavy atom. The Morgan fingerprint density at radius 2 is 1.30 bits per heavy atom. The van der Waals surface area contributed by atoms with Crippen LogP contribution >= 0.6 is 0 Å². The van der Waals surface area contributed by atoms with Crippen LogP contribution in [0.3, 0.4) is 0 Å². The summed E-state index contributed by atoms with van der Waals surface area (Å²) in [4.78, 5) is 0. The van der Waals surface area contributed by atoms with Gasteiger partial charge in [-0.2, -0.15) is 17.6 Å². The van der Waals surface area contributed by atoms with Gasteiger partial charge in [-0.3, -0.25) is 0 Å². The number of halogens is 7. The van der Waals surface area contributed by atoms with Gasteiger partial charge in [-0.1, -0.05) is 57.4 Å². The summed E-state index contributed by atoms with van der Waals surface area (Å²) >= 11 is 0. The van der Waals surface area contributed by atoms with Crippen LogP contribution in [0.4, 0.5) is 30.7 Å². The number of hydrogen-bond acceptors (Lipinski definition) is 1. The Morgan fingerprint density at radius 1 is 0.676 bits per heavy atom. The fourth-order valence-corrected chi connectivity index (χ4v) is 4.72. The molecule has 0 radical (unpaired) electrons. The number of alkyl halides is 4. The summed E-state index contributed by atoms with van der Waals surface area (Å²) in [6.07, 6.45) is 4.13. The SMILES string of the molecule is CCCCCc1ccc(COc2ccc3c(c2F)C(F)(F)C(F)(F)c2c-3ccc(CCC)c2F)c(F)c1. The topological polar surface area (TPSA) is 9.23 Å². The van der Waals surface area contributed by atoms with E-state index in [1.54, 1.807) is 13.0 Å². The minimum absolute atomic E-state index is 0.0596. The third-order valence-corrected chi connectivity index (χ3v) is 6.73. The van der Waals surface area contributed by atoms with Gasteiger partial charge in [0, 0.05) is 5.56 Å². The molecule has 198 valence electrons. The fraction of sp³-hybridized carbons (Fsp3) is 0.379. The normalized spacial score (nSPS) is 15.3. The quantitative estimate of drug-likeness (QED) is 0.200. The Bertz CT molecular complexity index is 1300. The monoisotopic (exact) mass is 524 g/mol. The summed E-state index contributed by atoms with van der Waals surface area (Å²) in [7, 11) is 0. The predicted octanol–water partition coefficient (Wildman–Crippen LogP) is 9.23. The molecule has 0 fully saturated rings. The number of ether oxygens (including phenoxy) is 1. The van der Waals surface area contributed by atoms with Gasteiger partial charge in [0.25, 0.3) is 0 Å². The van der Waals surface area contributed by atoms with Crippen LogP contribution in [-0.4, -0.2) is 0 Å². The van der Waals surface area contributed by atoms with Crippen molar-refractivity contribution in [3.8, 4) is 16.9 Å². The van der Waals surface area contributed by atoms with Gasteiger partial charge >= 0.3 is 11.8 Å². The van der Waals surface area contributed by atoms with Crippen LogP contribution < -0.4 is 4.74 Å². The van der Waals surface area contributed by atoms with Crippen molar-refractivity contribution in [2.75, 3.05) is 0 Å². The summed E-state index contributed by atoms with van der Waals surface area (Å²) in [5.74, 6) is -14.5. The first-order valence-corrected chi connectivity index (χ1v) is 12.3. The minimum Gasteiger partial charge on any atom is -0.486 e. The number of rotatable bonds is 9. The van der Waals surface area contributed by atoms with Crippen molar-refractivity contribution in [2.45, 2.75) is 70.8 Å². The van der Waals surface area contributed by atoms with Crippen LogP contribution in [0.1, 0.15) is 67.3 Å². The maximum Gasteiger partial charge on any atom is 0.343 e. The summed E-state index contributed by atoms with van der Waals surface area (Å²) in [6.45, 7) is 3.26. The van der Waals surface area contributed by atoms with E-state index in [4.69, 9.17) is 4.74 Å². The van der Waals surface area contributed by atoms with Crippen molar-refractivity contribution in [2.24, 2.45) is 0 Å². The standard InChI is InChI=1S/C29H27F7O/c1-3-5-6-8-17-9-10-19(22(30)15-17)16-37-23-14-13-21-20-12-11-18(7-4-2)26(31)24(20)28(33,34)29(35,36)25(21)27(23)32/h9-15H,3-8,16H2,1-2H3. The molecule has 0 saturated carbocycles. The zero-order valence-corrected chi connectivity index (χ0v) is 20.5. The van der Waals surface area contributed by atoms with Crippen LogP contribution in [0.25, 0.3) is 11.1 Å². The average Bonchev–Trinajstić information content (AvgIpc) is 2.84. The van der Waals surface area contributed by atoms with E-state index in [0.717, 1.165) is 43.0 Å². The highest BCUT2D eigenvalue weighted by atomic mass is 19.3. The average molecular weight is 525 g/mol. The van der Waals surface area contributed by atoms with Gasteiger partial charge in [0.15, 0.2) is 11.6 Å². The molecule has 0 amide bonds. The lowest BCUT2D eigenvalue weighted by atomic mass is 9.79. The Kier molecular flexibility index (Phi) is 7.58. The van der Waals surface area contributed by atoms with Gasteiger partial charge in [-0.15, -0.1) is 0 Å². The van der Waals surface area contributed by atoms with Crippen molar-refractivity contribution in [3.05, 3.63) is 87.7 Å². The van der Waals surface area contributed by atoms with Crippen LogP contribution in [0.2, 0.25) is 0 Å². The molecule has 0 heterocycles. The number of hydrogen-bond donors (Lipinski definition) is 0. The van der Waals surface area contributed by atoms with E-state index in [1.165, 1.54) is 18.2 Å². The molecule has 0 bridgehead atoms. The zero-order chi connectivity index (χ0) is 27.0. The maximum atomic E-state index is 15.3. The molecule has 3 aromatic rings. The molecule has 1 nitrogen and oxygen atoms in total. The van der Waals surface area contributed by atoms with Gasteiger partial charge in [-0.25, -0.2) is 13.2 Å². The molecule has 3 aromatic carbocycles. The molecule has 0 spiro atoms. The Balaban J connectivity index is 1.68. The molecule has 0 aliphatic heterocycles. The molecule has 0 N–H and O–H groups in total. The first kappa shape index (κ1) is 27.0. The largest absolute Gasteiger partial charge is 0.486 e. The second kappa shape index (κ2) is 10.4. The van der Waals surface area contributed by atoms with E-state index in [0.29, 0.717) is 12.8 Å². The Hall–Kier alpha value is -3.03. The van der Waals surface area contributed by atoms with E-state index in [1.807, 2.05) is 0 Å². The van der Waals surface area contributed by atoms with Gasteiger partial charge in [0.2, 0.25) is 0 Å². The minimum atomic E-state index is -5.05. The molecule has 8 heteroatoms. The van der Waals surface area contributed by atoms with Gasteiger partial charge < -0.3 is 4.74 Å². The smallest absolute Gasteiger partial charge is 0.343 e. The van der Waals surface area contributed by atoms with Crippen LogP contribution in [-0.2, 0) is 31.3 Å². The highest BCUT2D eigenvalue weighted by molar-refractivity contribution is 5.77. The van der Waals surface area contributed by atoms with Crippen LogP contribution in [0.5, 0.6) is 5.75 Å². The molecule has 1 aliphatic rings. The van der Waals surface area contributed by atoms with Crippen molar-refractivity contribution >= 4 is 0 Å². The molecule has 37 heavy (non-hydrogen) atoms. The lowest BCUT2D eigenvalue weighted by Gasteiger charge is -2.35.